The van der Waals surface area contributed by atoms with Crippen LogP contribution >= 0.6 is 0 Å². The van der Waals surface area contributed by atoms with Gasteiger partial charge in [-0.25, -0.2) is 0 Å². The molecule has 0 N–H and O–H groups in total. The maximum absolute atomic E-state index is 7.48. The topological polar surface area (TPSA) is 42.0 Å². The molecule has 1 atom stereocenters. The smallest absolute Gasteiger partial charge is 0.262 e. The van der Waals surface area contributed by atoms with E-state index in [0.717, 1.165) is 113 Å². The fourth-order valence-corrected chi connectivity index (χ4v) is 11.5. The Labute approximate surface area is 362 Å². The summed E-state index contributed by atoms with van der Waals surface area (Å²) in [6.07, 6.45) is 5.32. The van der Waals surface area contributed by atoms with E-state index in [-0.39, 0.29) is 6.71 Å². The van der Waals surface area contributed by atoms with Crippen molar-refractivity contribution in [2.45, 2.75) is 13.3 Å². The molecular weight excluding hydrogens is 771 g/mol. The van der Waals surface area contributed by atoms with E-state index in [2.05, 4.69) is 193 Å². The lowest BCUT2D eigenvalue weighted by Crippen LogP contribution is -2.63. The zero-order chi connectivity index (χ0) is 41.1. The lowest BCUT2D eigenvalue weighted by Gasteiger charge is -2.47. The van der Waals surface area contributed by atoms with Crippen molar-refractivity contribution in [2.75, 3.05) is 9.80 Å². The Balaban J connectivity index is 1.17. The van der Waals surface area contributed by atoms with Crippen LogP contribution in [0, 0.1) is 5.92 Å². The molecule has 294 valence electrons. The monoisotopic (exact) mass is 806 g/mol. The predicted octanol–water partition coefficient (Wildman–Crippen LogP) is 13.7. The Morgan fingerprint density at radius 2 is 1.17 bits per heavy atom. The first kappa shape index (κ1) is 33.7. The molecule has 15 rings (SSSR count). The fraction of sp³-hybridized carbons (Fsp3) is 0.0526. The highest BCUT2D eigenvalue weighted by atomic mass is 16.5. The summed E-state index contributed by atoms with van der Waals surface area (Å²) in [6, 6.07) is 59.6. The Bertz CT molecular complexity index is 3850. The molecule has 0 fully saturated rings. The summed E-state index contributed by atoms with van der Waals surface area (Å²) >= 11 is 0. The molecule has 63 heavy (non-hydrogen) atoms. The summed E-state index contributed by atoms with van der Waals surface area (Å²) in [5.74, 6) is 2.87. The number of nitrogens with zero attached hydrogens (tertiary/aromatic N) is 2. The third-order valence-corrected chi connectivity index (χ3v) is 14.1. The molecule has 0 saturated heterocycles. The maximum atomic E-state index is 7.48. The van der Waals surface area contributed by atoms with Gasteiger partial charge in [0, 0.05) is 55.7 Å². The molecule has 4 aliphatic rings. The minimum atomic E-state index is -0.180. The first-order valence-corrected chi connectivity index (χ1v) is 21.9. The van der Waals surface area contributed by atoms with Crippen molar-refractivity contribution in [1.82, 2.24) is 0 Å². The van der Waals surface area contributed by atoms with Crippen molar-refractivity contribution >= 4 is 118 Å². The van der Waals surface area contributed by atoms with Crippen LogP contribution in [0.4, 0.5) is 34.1 Å². The van der Waals surface area contributed by atoms with Crippen LogP contribution in [0.15, 0.2) is 179 Å². The zero-order valence-corrected chi connectivity index (χ0v) is 34.2. The highest BCUT2D eigenvalue weighted by molar-refractivity contribution is 7.02. The van der Waals surface area contributed by atoms with Crippen molar-refractivity contribution in [3.8, 4) is 22.6 Å². The average Bonchev–Trinajstić information content (AvgIpc) is 3.89. The van der Waals surface area contributed by atoms with Crippen molar-refractivity contribution in [3.05, 3.63) is 181 Å². The average molecular weight is 807 g/mol. The van der Waals surface area contributed by atoms with E-state index in [1.807, 2.05) is 0 Å². The largest absolute Gasteiger partial charge is 0.456 e. The first-order valence-electron chi connectivity index (χ1n) is 21.9. The summed E-state index contributed by atoms with van der Waals surface area (Å²) in [5, 5.41) is 7.97. The van der Waals surface area contributed by atoms with Gasteiger partial charge in [0.25, 0.3) is 6.71 Å². The third-order valence-electron chi connectivity index (χ3n) is 14.1. The van der Waals surface area contributed by atoms with Crippen molar-refractivity contribution in [3.63, 3.8) is 0 Å². The minimum absolute atomic E-state index is 0.180. The summed E-state index contributed by atoms with van der Waals surface area (Å²) in [5.41, 5.74) is 16.2. The number of anilines is 6. The summed E-state index contributed by atoms with van der Waals surface area (Å²) < 4.78 is 21.3. The van der Waals surface area contributed by atoms with Gasteiger partial charge < -0.3 is 23.4 Å². The number of benzene rings is 9. The van der Waals surface area contributed by atoms with E-state index in [0.29, 0.717) is 5.92 Å². The molecule has 1 unspecified atom stereocenters. The molecule has 6 heteroatoms. The van der Waals surface area contributed by atoms with Gasteiger partial charge in [-0.2, -0.15) is 0 Å². The SMILES string of the molecule is CC1C=Cc2oc3c4c5c(cc3c2C1)N(c1cccc2ccccc12)c1cc(-c2ccccc2)cc2c1B5c1c(cc3oc5ccccc5c3c1N2c1cccc2ccccc12)O4. The Hall–Kier alpha value is -7.96. The van der Waals surface area contributed by atoms with Gasteiger partial charge >= 0.3 is 0 Å². The Morgan fingerprint density at radius 1 is 0.524 bits per heavy atom. The zero-order valence-electron chi connectivity index (χ0n) is 34.2. The summed E-state index contributed by atoms with van der Waals surface area (Å²) in [7, 11) is 0. The van der Waals surface area contributed by atoms with Gasteiger partial charge in [-0.05, 0) is 87.6 Å². The number of furan rings is 2. The summed E-state index contributed by atoms with van der Waals surface area (Å²) in [6.45, 7) is 2.10. The second kappa shape index (κ2) is 12.1. The van der Waals surface area contributed by atoms with Gasteiger partial charge in [-0.15, -0.1) is 0 Å². The third kappa shape index (κ3) is 4.42. The van der Waals surface area contributed by atoms with Crippen LogP contribution in [0.5, 0.6) is 11.5 Å². The molecule has 5 heterocycles. The molecule has 0 bridgehead atoms. The second-order valence-corrected chi connectivity index (χ2v) is 17.6. The lowest BCUT2D eigenvalue weighted by molar-refractivity contribution is 0.475. The quantitative estimate of drug-likeness (QED) is 0.166. The molecule has 5 nitrogen and oxygen atoms in total. The molecule has 0 saturated carbocycles. The number of fused-ring (bicyclic) bond motifs is 10. The van der Waals surface area contributed by atoms with Crippen molar-refractivity contribution in [2.24, 2.45) is 5.92 Å². The number of allylic oxidation sites excluding steroid dienone is 1. The molecule has 9 aromatic carbocycles. The molecule has 3 aliphatic heterocycles. The number of hydrogen-bond acceptors (Lipinski definition) is 5. The lowest BCUT2D eigenvalue weighted by atomic mass is 9.32. The van der Waals surface area contributed by atoms with Crippen LogP contribution in [0.3, 0.4) is 0 Å². The molecular formula is C57H35BN2O3. The number of rotatable bonds is 3. The van der Waals surface area contributed by atoms with E-state index < -0.39 is 0 Å². The maximum Gasteiger partial charge on any atom is 0.262 e. The molecule has 0 radical (unpaired) electrons. The van der Waals surface area contributed by atoms with Crippen LogP contribution in [-0.4, -0.2) is 6.71 Å². The number of ether oxygens (including phenoxy) is 1. The predicted molar refractivity (Wildman–Crippen MR) is 260 cm³/mol. The van der Waals surface area contributed by atoms with E-state index in [1.54, 1.807) is 0 Å². The highest BCUT2D eigenvalue weighted by Crippen LogP contribution is 2.55. The second-order valence-electron chi connectivity index (χ2n) is 17.6. The Kier molecular flexibility index (Phi) is 6.48. The van der Waals surface area contributed by atoms with E-state index in [9.17, 15) is 0 Å². The van der Waals surface area contributed by atoms with Crippen LogP contribution < -0.4 is 30.9 Å². The van der Waals surface area contributed by atoms with Gasteiger partial charge in [0.05, 0.1) is 22.4 Å². The first-order chi connectivity index (χ1) is 31.2. The van der Waals surface area contributed by atoms with Gasteiger partial charge in [0.1, 0.15) is 22.7 Å². The van der Waals surface area contributed by atoms with Gasteiger partial charge in [0.15, 0.2) is 11.3 Å². The molecule has 0 spiro atoms. The van der Waals surface area contributed by atoms with Crippen molar-refractivity contribution < 1.29 is 13.6 Å². The molecule has 1 aliphatic carbocycles. The standard InChI is InChI=1S/C57H35BN2O3/c1-32-25-26-48-40(27-32)41-30-46-53-57(56(41)62-48)63-50-31-49-51(39-21-9-10-24-47(39)61-49)55-54(50)58(53)52-44(59(46)42-22-11-17-34-15-5-7-19-37(34)42)28-36(33-13-3-2-4-14-33)29-45(52)60(55)43-23-12-18-35-16-6-8-20-38(35)43/h2-26,28-32H,27H2,1H3. The van der Waals surface area contributed by atoms with E-state index in [1.165, 1.54) is 32.6 Å². The summed E-state index contributed by atoms with van der Waals surface area (Å²) in [4.78, 5) is 5.07. The fourth-order valence-electron chi connectivity index (χ4n) is 11.5. The van der Waals surface area contributed by atoms with Crippen molar-refractivity contribution in [1.29, 1.82) is 0 Å². The Morgan fingerprint density at radius 3 is 1.95 bits per heavy atom. The van der Waals surface area contributed by atoms with E-state index in [4.69, 9.17) is 13.6 Å². The van der Waals surface area contributed by atoms with Gasteiger partial charge in [-0.1, -0.05) is 134 Å². The number of para-hydroxylation sites is 1. The normalized spacial score (nSPS) is 15.4. The molecule has 11 aromatic rings. The van der Waals surface area contributed by atoms with Crippen LogP contribution in [0.2, 0.25) is 0 Å². The van der Waals surface area contributed by atoms with E-state index >= 15 is 0 Å². The van der Waals surface area contributed by atoms with Crippen LogP contribution in [-0.2, 0) is 6.42 Å². The highest BCUT2D eigenvalue weighted by Gasteiger charge is 2.51. The molecule has 0 amide bonds. The minimum Gasteiger partial charge on any atom is -0.456 e. The van der Waals surface area contributed by atoms with Crippen LogP contribution in [0.25, 0.3) is 71.7 Å². The number of hydrogen-bond donors (Lipinski definition) is 0. The van der Waals surface area contributed by atoms with Gasteiger partial charge in [0.2, 0.25) is 0 Å². The van der Waals surface area contributed by atoms with Crippen LogP contribution in [0.1, 0.15) is 18.2 Å². The molecule has 2 aromatic heterocycles. The van der Waals surface area contributed by atoms with Gasteiger partial charge in [-0.3, -0.25) is 0 Å².